The van der Waals surface area contributed by atoms with Crippen LogP contribution in [0.2, 0.25) is 0 Å². The third kappa shape index (κ3) is 4.64. The number of aromatic nitrogens is 2. The van der Waals surface area contributed by atoms with Crippen LogP contribution in [0.25, 0.3) is 0 Å². The Balaban J connectivity index is 0.983. The van der Waals surface area contributed by atoms with E-state index in [4.69, 9.17) is 0 Å². The van der Waals surface area contributed by atoms with Crippen molar-refractivity contribution in [2.24, 2.45) is 5.92 Å². The van der Waals surface area contributed by atoms with E-state index in [1.54, 1.807) is 17.3 Å². The molecule has 2 aromatic rings. The van der Waals surface area contributed by atoms with Crippen LogP contribution in [0.3, 0.4) is 0 Å². The monoisotopic (exact) mass is 421 g/mol. The average Bonchev–Trinajstić information content (AvgIpc) is 3.52. The molecule has 2 bridgehead atoms. The minimum Gasteiger partial charge on any atom is -0.338 e. The highest BCUT2D eigenvalue weighted by atomic mass is 16.2. The Kier molecular flexibility index (Phi) is 6.25. The Hall–Kier alpha value is -2.34. The summed E-state index contributed by atoms with van der Waals surface area (Å²) in [4.78, 5) is 19.0. The van der Waals surface area contributed by atoms with Crippen molar-refractivity contribution >= 4 is 6.03 Å². The third-order valence-electron chi connectivity index (χ3n) is 7.64. The van der Waals surface area contributed by atoms with Crippen LogP contribution in [0.4, 0.5) is 4.79 Å². The predicted molar refractivity (Wildman–Crippen MR) is 122 cm³/mol. The number of carbonyl (C=O) groups excluding carboxylic acids is 1. The molecule has 3 aliphatic rings. The van der Waals surface area contributed by atoms with E-state index < -0.39 is 0 Å². The predicted octanol–water partition coefficient (Wildman–Crippen LogP) is 4.41. The number of nitrogens with zero attached hydrogens (tertiary/aromatic N) is 3. The molecule has 1 saturated carbocycles. The highest BCUT2D eigenvalue weighted by molar-refractivity contribution is 5.74. The van der Waals surface area contributed by atoms with Gasteiger partial charge in [0.25, 0.3) is 0 Å². The van der Waals surface area contributed by atoms with E-state index in [1.165, 1.54) is 38.6 Å². The molecule has 2 N–H and O–H groups in total. The number of carbonyl (C=O) groups is 1. The molecule has 2 fully saturated rings. The van der Waals surface area contributed by atoms with Gasteiger partial charge in [0.2, 0.25) is 0 Å². The molecule has 1 saturated heterocycles. The molecule has 2 aliphatic heterocycles. The fourth-order valence-corrected chi connectivity index (χ4v) is 6.01. The molecule has 2 atom stereocenters. The number of nitrogens with one attached hydrogen (secondary N) is 2. The molecule has 166 valence electrons. The summed E-state index contributed by atoms with van der Waals surface area (Å²) in [5, 5.41) is 6.19. The van der Waals surface area contributed by atoms with Crippen LogP contribution in [0, 0.1) is 5.92 Å². The Morgan fingerprint density at radius 3 is 2.42 bits per heavy atom. The quantitative estimate of drug-likeness (QED) is 0.621. The molecule has 31 heavy (non-hydrogen) atoms. The van der Waals surface area contributed by atoms with E-state index in [1.807, 2.05) is 17.1 Å². The Morgan fingerprint density at radius 1 is 1.00 bits per heavy atom. The average molecular weight is 422 g/mol. The molecule has 0 spiro atoms. The van der Waals surface area contributed by atoms with Gasteiger partial charge in [-0.2, -0.15) is 0 Å². The summed E-state index contributed by atoms with van der Waals surface area (Å²) in [5.41, 5.74) is 3.17. The van der Waals surface area contributed by atoms with Gasteiger partial charge in [0.05, 0.1) is 6.33 Å². The lowest BCUT2D eigenvalue weighted by Crippen LogP contribution is -2.44. The molecule has 1 aromatic heterocycles. The van der Waals surface area contributed by atoms with Crippen LogP contribution in [-0.4, -0.2) is 39.6 Å². The first-order chi connectivity index (χ1) is 15.3. The second-order valence-electron chi connectivity index (χ2n) is 9.54. The summed E-state index contributed by atoms with van der Waals surface area (Å²) in [6, 6.07) is 10.7. The molecule has 2 unspecified atom stereocenters. The second-order valence-corrected chi connectivity index (χ2v) is 9.54. The summed E-state index contributed by atoms with van der Waals surface area (Å²) in [7, 11) is 0. The van der Waals surface area contributed by atoms with Gasteiger partial charge in [-0.3, -0.25) is 4.90 Å². The normalized spacial score (nSPS) is 27.2. The first kappa shape index (κ1) is 20.6. The van der Waals surface area contributed by atoms with Crippen LogP contribution in [0.5, 0.6) is 0 Å². The molecular weight excluding hydrogens is 386 g/mol. The zero-order valence-corrected chi connectivity index (χ0v) is 18.4. The maximum absolute atomic E-state index is 12.2. The topological polar surface area (TPSA) is 62.2 Å². The van der Waals surface area contributed by atoms with Gasteiger partial charge in [0, 0.05) is 43.6 Å². The van der Waals surface area contributed by atoms with E-state index in [0.717, 1.165) is 31.7 Å². The van der Waals surface area contributed by atoms with Crippen molar-refractivity contribution in [1.29, 1.82) is 0 Å². The smallest absolute Gasteiger partial charge is 0.315 e. The molecule has 3 heterocycles. The number of benzene rings is 1. The Labute approximate surface area is 185 Å². The summed E-state index contributed by atoms with van der Waals surface area (Å²) in [6.07, 6.45) is 15.1. The number of urea groups is 1. The lowest BCUT2D eigenvalue weighted by Gasteiger charge is -2.31. The maximum Gasteiger partial charge on any atom is 0.315 e. The van der Waals surface area contributed by atoms with Crippen molar-refractivity contribution in [3.63, 3.8) is 0 Å². The highest BCUT2D eigenvalue weighted by Crippen LogP contribution is 2.53. The van der Waals surface area contributed by atoms with Gasteiger partial charge < -0.3 is 15.2 Å². The minimum atomic E-state index is -0.0134. The van der Waals surface area contributed by atoms with E-state index >= 15 is 0 Å². The van der Waals surface area contributed by atoms with Crippen LogP contribution in [-0.2, 0) is 6.54 Å². The van der Waals surface area contributed by atoms with Crippen molar-refractivity contribution < 1.29 is 4.79 Å². The van der Waals surface area contributed by atoms with Crippen LogP contribution < -0.4 is 10.6 Å². The molecular formula is C25H35N5O. The summed E-state index contributed by atoms with van der Waals surface area (Å²) < 4.78 is 2.03. The minimum absolute atomic E-state index is 0.0134. The second kappa shape index (κ2) is 9.43. The van der Waals surface area contributed by atoms with E-state index in [2.05, 4.69) is 44.8 Å². The fourth-order valence-electron chi connectivity index (χ4n) is 6.01. The van der Waals surface area contributed by atoms with E-state index in [0.29, 0.717) is 24.7 Å². The number of hydrogen-bond donors (Lipinski definition) is 2. The summed E-state index contributed by atoms with van der Waals surface area (Å²) in [6.45, 7) is 2.80. The number of hydrogen-bond acceptors (Lipinski definition) is 3. The molecule has 6 heteroatoms. The zero-order chi connectivity index (χ0) is 21.0. The van der Waals surface area contributed by atoms with Crippen molar-refractivity contribution in [2.45, 2.75) is 76.0 Å². The maximum atomic E-state index is 12.2. The zero-order valence-electron chi connectivity index (χ0n) is 18.4. The van der Waals surface area contributed by atoms with Crippen LogP contribution in [0.1, 0.15) is 74.6 Å². The van der Waals surface area contributed by atoms with Gasteiger partial charge >= 0.3 is 6.03 Å². The van der Waals surface area contributed by atoms with Gasteiger partial charge in [0.1, 0.15) is 0 Å². The molecule has 5 rings (SSSR count). The van der Waals surface area contributed by atoms with Crippen molar-refractivity contribution in [2.75, 3.05) is 13.1 Å². The van der Waals surface area contributed by atoms with E-state index in [-0.39, 0.29) is 6.03 Å². The standard InChI is InChI=1S/C25H35N5O/c31-25(27-13-3-15-29-17-14-26-18-29)28-20-8-6-19(7-9-20)12-16-30-23-10-11-24(30)22-5-2-1-4-21(22)23/h1-2,4-5,14,17-20,23-24H,3,6-13,15-16H2,(H2,27,28,31). The van der Waals surface area contributed by atoms with Gasteiger partial charge in [-0.05, 0) is 75.0 Å². The summed E-state index contributed by atoms with van der Waals surface area (Å²) >= 11 is 0. The number of rotatable bonds is 8. The fraction of sp³-hybridized carbons (Fsp3) is 0.600. The number of imidazole rings is 1. The molecule has 1 aliphatic carbocycles. The highest BCUT2D eigenvalue weighted by Gasteiger charge is 2.43. The third-order valence-corrected chi connectivity index (χ3v) is 7.64. The Morgan fingerprint density at radius 2 is 1.74 bits per heavy atom. The van der Waals surface area contributed by atoms with Gasteiger partial charge in [-0.1, -0.05) is 24.3 Å². The lowest BCUT2D eigenvalue weighted by atomic mass is 9.84. The van der Waals surface area contributed by atoms with Crippen LogP contribution in [0.15, 0.2) is 43.0 Å². The van der Waals surface area contributed by atoms with Crippen molar-refractivity contribution in [3.8, 4) is 0 Å². The first-order valence-corrected chi connectivity index (χ1v) is 12.1. The van der Waals surface area contributed by atoms with E-state index in [9.17, 15) is 4.79 Å². The van der Waals surface area contributed by atoms with Gasteiger partial charge in [0.15, 0.2) is 0 Å². The number of fused-ring (bicyclic) bond motifs is 5. The molecule has 2 amide bonds. The Bertz CT molecular complexity index is 828. The van der Waals surface area contributed by atoms with Crippen molar-refractivity contribution in [3.05, 3.63) is 54.1 Å². The summed E-state index contributed by atoms with van der Waals surface area (Å²) in [5.74, 6) is 0.805. The van der Waals surface area contributed by atoms with Crippen molar-refractivity contribution in [1.82, 2.24) is 25.1 Å². The lowest BCUT2D eigenvalue weighted by molar-refractivity contribution is 0.185. The molecule has 6 nitrogen and oxygen atoms in total. The van der Waals surface area contributed by atoms with Gasteiger partial charge in [-0.25, -0.2) is 9.78 Å². The first-order valence-electron chi connectivity index (χ1n) is 12.1. The number of aryl methyl sites for hydroxylation is 1. The number of amides is 2. The largest absolute Gasteiger partial charge is 0.338 e. The van der Waals surface area contributed by atoms with Crippen LogP contribution >= 0.6 is 0 Å². The van der Waals surface area contributed by atoms with Gasteiger partial charge in [-0.15, -0.1) is 0 Å². The molecule has 1 aromatic carbocycles. The SMILES string of the molecule is O=C(NCCCn1ccnc1)NC1CCC(CCN2C3CCC2c2ccccc23)CC1. The molecule has 0 radical (unpaired) electrons.